The molecule has 0 aliphatic rings. The predicted molar refractivity (Wildman–Crippen MR) is 65.7 cm³/mol. The molecule has 0 unspecified atom stereocenters. The maximum absolute atomic E-state index is 11.4. The van der Waals surface area contributed by atoms with Crippen LogP contribution >= 0.6 is 0 Å². The first-order valence-electron chi connectivity index (χ1n) is 5.34. The first-order valence-corrected chi connectivity index (χ1v) is 6.92. The van der Waals surface area contributed by atoms with Gasteiger partial charge in [-0.2, -0.15) is 8.42 Å². The molecule has 0 spiro atoms. The van der Waals surface area contributed by atoms with Crippen molar-refractivity contribution < 1.29 is 47.2 Å². The highest BCUT2D eigenvalue weighted by molar-refractivity contribution is 7.86. The predicted octanol–water partition coefficient (Wildman–Crippen LogP) is -4.10. The van der Waals surface area contributed by atoms with Crippen LogP contribution in [0, 0.1) is 0 Å². The molecule has 1 amide bonds. The van der Waals surface area contributed by atoms with E-state index in [0.29, 0.717) is 0 Å². The van der Waals surface area contributed by atoms with Gasteiger partial charge in [-0.15, -0.1) is 4.28 Å². The Labute approximate surface area is 123 Å². The number of aliphatic carboxylic acids is 3. The number of hydroxylamine groups is 1. The molecule has 1 atom stereocenters. The Morgan fingerprint density at radius 1 is 1.05 bits per heavy atom. The number of hydrogen-bond donors (Lipinski definition) is 6. The van der Waals surface area contributed by atoms with Gasteiger partial charge < -0.3 is 21.1 Å². The van der Waals surface area contributed by atoms with Gasteiger partial charge in [-0.05, 0) is 0 Å². The largest absolute Gasteiger partial charge is 0.480 e. The second kappa shape index (κ2) is 8.23. The minimum atomic E-state index is -4.64. The van der Waals surface area contributed by atoms with Crippen LogP contribution in [0.3, 0.4) is 0 Å². The van der Waals surface area contributed by atoms with Crippen LogP contribution in [0.15, 0.2) is 0 Å². The number of rotatable bonds is 10. The monoisotopic (exact) mass is 343 g/mol. The molecule has 0 heterocycles. The summed E-state index contributed by atoms with van der Waals surface area (Å²) in [5, 5.41) is 27.6. The van der Waals surface area contributed by atoms with Crippen LogP contribution in [0.25, 0.3) is 0 Å². The summed E-state index contributed by atoms with van der Waals surface area (Å²) in [6.07, 6.45) is 0. The molecule has 0 aromatic rings. The lowest BCUT2D eigenvalue weighted by atomic mass is 10.2. The van der Waals surface area contributed by atoms with E-state index < -0.39 is 58.3 Å². The summed E-state index contributed by atoms with van der Waals surface area (Å²) in [5.74, 6) is -8.05. The van der Waals surface area contributed by atoms with E-state index in [1.807, 2.05) is 0 Å². The van der Waals surface area contributed by atoms with Crippen molar-refractivity contribution in [1.82, 2.24) is 10.8 Å². The van der Waals surface area contributed by atoms with E-state index in [1.54, 1.807) is 5.32 Å². The molecular weight excluding hydrogens is 330 g/mol. The Bertz CT molecular complexity index is 545. The van der Waals surface area contributed by atoms with Gasteiger partial charge >= 0.3 is 17.9 Å². The van der Waals surface area contributed by atoms with Gasteiger partial charge in [0.2, 0.25) is 6.04 Å². The Balaban J connectivity index is 4.97. The van der Waals surface area contributed by atoms with Crippen LogP contribution in [0.5, 0.6) is 0 Å². The number of hydrogen-bond acceptors (Lipinski definition) is 9. The van der Waals surface area contributed by atoms with Gasteiger partial charge in [0.15, 0.2) is 0 Å². The van der Waals surface area contributed by atoms with Gasteiger partial charge in [-0.1, -0.05) is 0 Å². The Hall–Kier alpha value is -2.29. The molecule has 22 heavy (non-hydrogen) atoms. The van der Waals surface area contributed by atoms with Crippen molar-refractivity contribution in [3.05, 3.63) is 0 Å². The number of carbonyl (C=O) groups excluding carboxylic acids is 1. The minimum absolute atomic E-state index is 0.601. The number of nitrogens with one attached hydrogen (secondary N) is 2. The smallest absolute Gasteiger partial charge is 0.332 e. The van der Waals surface area contributed by atoms with Gasteiger partial charge in [0.1, 0.15) is 11.8 Å². The third kappa shape index (κ3) is 6.93. The van der Waals surface area contributed by atoms with Crippen molar-refractivity contribution in [3.8, 4) is 0 Å². The number of carboxylic acid groups (broad SMARTS) is 3. The van der Waals surface area contributed by atoms with Crippen LogP contribution in [0.1, 0.15) is 0 Å². The fraction of sp³-hybridized carbons (Fsp3) is 0.500. The Morgan fingerprint density at radius 2 is 1.55 bits per heavy atom. The van der Waals surface area contributed by atoms with Gasteiger partial charge in [-0.3, -0.25) is 14.9 Å². The van der Waals surface area contributed by atoms with Crippen molar-refractivity contribution in [2.24, 2.45) is 5.73 Å². The lowest BCUT2D eigenvalue weighted by Crippen LogP contribution is -2.54. The van der Waals surface area contributed by atoms with Crippen molar-refractivity contribution in [3.63, 3.8) is 0 Å². The average molecular weight is 343 g/mol. The fourth-order valence-corrected chi connectivity index (χ4v) is 1.96. The first kappa shape index (κ1) is 19.7. The second-order valence-electron chi connectivity index (χ2n) is 3.70. The van der Waals surface area contributed by atoms with E-state index in [2.05, 4.69) is 4.28 Å². The molecule has 0 radical (unpaired) electrons. The van der Waals surface area contributed by atoms with E-state index in [0.717, 1.165) is 0 Å². The fourth-order valence-electron chi connectivity index (χ4n) is 1.03. The summed E-state index contributed by atoms with van der Waals surface area (Å²) in [5.41, 5.74) is 6.27. The Kier molecular flexibility index (Phi) is 7.37. The maximum Gasteiger partial charge on any atom is 0.332 e. The van der Waals surface area contributed by atoms with E-state index in [-0.39, 0.29) is 0 Å². The number of amides is 1. The molecule has 0 fully saturated rings. The van der Waals surface area contributed by atoms with E-state index in [4.69, 9.17) is 21.1 Å². The van der Waals surface area contributed by atoms with Crippen LogP contribution in [-0.2, 0) is 33.6 Å². The third-order valence-corrected chi connectivity index (χ3v) is 3.08. The summed E-state index contributed by atoms with van der Waals surface area (Å²) < 4.78 is 26.8. The van der Waals surface area contributed by atoms with Crippen molar-refractivity contribution in [2.45, 2.75) is 12.1 Å². The van der Waals surface area contributed by atoms with Crippen molar-refractivity contribution >= 4 is 33.9 Å². The molecule has 126 valence electrons. The second-order valence-corrected chi connectivity index (χ2v) is 5.32. The van der Waals surface area contributed by atoms with Crippen LogP contribution in [0.2, 0.25) is 0 Å². The zero-order valence-corrected chi connectivity index (χ0v) is 11.6. The normalized spacial score (nSPS) is 12.6. The number of nitrogens with two attached hydrogens (primary N) is 1. The topological polar surface area (TPSA) is 222 Å². The molecule has 0 aliphatic heterocycles. The molecular formula is C8H13N3O10S. The molecule has 14 heteroatoms. The third-order valence-electron chi connectivity index (χ3n) is 2.00. The van der Waals surface area contributed by atoms with Crippen molar-refractivity contribution in [2.75, 3.05) is 12.3 Å². The molecule has 0 rings (SSSR count). The molecule has 0 saturated heterocycles. The van der Waals surface area contributed by atoms with Gasteiger partial charge in [0.25, 0.3) is 16.0 Å². The summed E-state index contributed by atoms with van der Waals surface area (Å²) in [4.78, 5) is 42.9. The summed E-state index contributed by atoms with van der Waals surface area (Å²) in [6.45, 7) is -0.601. The molecule has 0 aliphatic carbocycles. The summed E-state index contributed by atoms with van der Waals surface area (Å²) >= 11 is 0. The van der Waals surface area contributed by atoms with Crippen LogP contribution in [0.4, 0.5) is 0 Å². The zero-order valence-electron chi connectivity index (χ0n) is 10.8. The molecule has 13 nitrogen and oxygen atoms in total. The van der Waals surface area contributed by atoms with E-state index in [1.165, 1.54) is 5.48 Å². The standard InChI is InChI=1S/C8H13N3O10S/c9-1-4(12)11-21-22(19,20)2-3(6(13)14)10-5(7(15)16)8(17)18/h3,5,10H,1-2,9H2,(H,11,12)(H,13,14)(H,15,16)(H,17,18)/t3-/m0/s1. The van der Waals surface area contributed by atoms with Gasteiger partial charge in [0, 0.05) is 0 Å². The highest BCUT2D eigenvalue weighted by Crippen LogP contribution is 1.99. The Morgan fingerprint density at radius 3 is 1.91 bits per heavy atom. The van der Waals surface area contributed by atoms with Gasteiger partial charge in [0.05, 0.1) is 6.54 Å². The number of carbonyl (C=O) groups is 4. The highest BCUT2D eigenvalue weighted by Gasteiger charge is 2.34. The van der Waals surface area contributed by atoms with Crippen molar-refractivity contribution in [1.29, 1.82) is 0 Å². The quantitative estimate of drug-likeness (QED) is 0.164. The van der Waals surface area contributed by atoms with Crippen LogP contribution < -0.4 is 16.5 Å². The zero-order chi connectivity index (χ0) is 17.5. The van der Waals surface area contributed by atoms with Crippen LogP contribution in [-0.4, -0.2) is 71.9 Å². The first-order chi connectivity index (χ1) is 10.00. The molecule has 7 N–H and O–H groups in total. The number of carboxylic acids is 3. The lowest BCUT2D eigenvalue weighted by Gasteiger charge is -2.17. The minimum Gasteiger partial charge on any atom is -0.480 e. The molecule has 0 aromatic carbocycles. The maximum atomic E-state index is 11.4. The van der Waals surface area contributed by atoms with E-state index >= 15 is 0 Å². The summed E-state index contributed by atoms with van der Waals surface area (Å²) in [7, 11) is -4.64. The molecule has 0 bridgehead atoms. The molecule has 0 aromatic heterocycles. The van der Waals surface area contributed by atoms with E-state index in [9.17, 15) is 27.6 Å². The summed E-state index contributed by atoms with van der Waals surface area (Å²) in [6, 6.07) is -4.47. The highest BCUT2D eigenvalue weighted by atomic mass is 32.2. The lowest BCUT2D eigenvalue weighted by molar-refractivity contribution is -0.152. The molecule has 0 saturated carbocycles. The SMILES string of the molecule is NCC(=O)NOS(=O)(=O)C[C@H](NC(C(=O)O)C(=O)O)C(=O)O. The van der Waals surface area contributed by atoms with Gasteiger partial charge in [-0.25, -0.2) is 15.1 Å². The average Bonchev–Trinajstić information content (AvgIpc) is 2.39.